The Hall–Kier alpha value is -3.01. The van der Waals surface area contributed by atoms with E-state index in [2.05, 4.69) is 15.4 Å². The molecule has 0 aliphatic rings. The van der Waals surface area contributed by atoms with Crippen LogP contribution in [0.3, 0.4) is 0 Å². The minimum absolute atomic E-state index is 0.0108. The third kappa shape index (κ3) is 6.33. The molecule has 1 atom stereocenters. The summed E-state index contributed by atoms with van der Waals surface area (Å²) >= 11 is 1.21. The average molecular weight is 398 g/mol. The van der Waals surface area contributed by atoms with Crippen molar-refractivity contribution in [2.45, 2.75) is 19.6 Å². The SMILES string of the molecule is CC(OC(=O)CNC(=O)c1cccs1)C(=O)Nc1ccccc1OC(F)F. The molecule has 1 aromatic carbocycles. The highest BCUT2D eigenvalue weighted by Crippen LogP contribution is 2.25. The maximum Gasteiger partial charge on any atom is 0.387 e. The topological polar surface area (TPSA) is 93.7 Å². The second-order valence-electron chi connectivity index (χ2n) is 5.16. The number of rotatable bonds is 8. The Balaban J connectivity index is 1.84. The zero-order valence-electron chi connectivity index (χ0n) is 14.1. The quantitative estimate of drug-likeness (QED) is 0.667. The number of alkyl halides is 2. The van der Waals surface area contributed by atoms with Gasteiger partial charge in [-0.3, -0.25) is 14.4 Å². The number of halogens is 2. The number of anilines is 1. The van der Waals surface area contributed by atoms with Gasteiger partial charge in [-0.2, -0.15) is 8.78 Å². The van der Waals surface area contributed by atoms with Crippen LogP contribution in [0.15, 0.2) is 41.8 Å². The van der Waals surface area contributed by atoms with E-state index in [4.69, 9.17) is 4.74 Å². The summed E-state index contributed by atoms with van der Waals surface area (Å²) in [5, 5.41) is 6.44. The molecule has 27 heavy (non-hydrogen) atoms. The Morgan fingerprint density at radius 2 is 1.89 bits per heavy atom. The average Bonchev–Trinajstić information content (AvgIpc) is 3.15. The van der Waals surface area contributed by atoms with Crippen LogP contribution in [0.2, 0.25) is 0 Å². The third-order valence-corrected chi connectivity index (χ3v) is 4.05. The molecule has 0 saturated heterocycles. The fourth-order valence-corrected chi connectivity index (χ4v) is 2.58. The summed E-state index contributed by atoms with van der Waals surface area (Å²) in [6.45, 7) is -2.16. The van der Waals surface area contributed by atoms with Crippen molar-refractivity contribution in [2.75, 3.05) is 11.9 Å². The second kappa shape index (κ2) is 9.62. The second-order valence-corrected chi connectivity index (χ2v) is 6.10. The zero-order valence-corrected chi connectivity index (χ0v) is 14.9. The first-order valence-electron chi connectivity index (χ1n) is 7.72. The molecule has 0 bridgehead atoms. The van der Waals surface area contributed by atoms with Gasteiger partial charge in [0.2, 0.25) is 0 Å². The van der Waals surface area contributed by atoms with E-state index in [9.17, 15) is 23.2 Å². The minimum Gasteiger partial charge on any atom is -0.451 e. The van der Waals surface area contributed by atoms with Crippen LogP contribution in [-0.2, 0) is 14.3 Å². The first-order chi connectivity index (χ1) is 12.9. The lowest BCUT2D eigenvalue weighted by atomic mass is 10.2. The number of nitrogens with one attached hydrogen (secondary N) is 2. The molecule has 10 heteroatoms. The number of hydrogen-bond donors (Lipinski definition) is 2. The first kappa shape index (κ1) is 20.3. The molecule has 2 amide bonds. The third-order valence-electron chi connectivity index (χ3n) is 3.18. The lowest BCUT2D eigenvalue weighted by Crippen LogP contribution is -2.35. The first-order valence-corrected chi connectivity index (χ1v) is 8.60. The lowest BCUT2D eigenvalue weighted by Gasteiger charge is -2.15. The molecule has 0 spiro atoms. The fourth-order valence-electron chi connectivity index (χ4n) is 1.94. The van der Waals surface area contributed by atoms with Crippen molar-refractivity contribution >= 4 is 34.8 Å². The van der Waals surface area contributed by atoms with Gasteiger partial charge in [0.05, 0.1) is 10.6 Å². The summed E-state index contributed by atoms with van der Waals surface area (Å²) in [5.41, 5.74) is 0.0108. The summed E-state index contributed by atoms with van der Waals surface area (Å²) in [6.07, 6.45) is -1.21. The van der Waals surface area contributed by atoms with Crippen LogP contribution >= 0.6 is 11.3 Å². The summed E-state index contributed by atoms with van der Waals surface area (Å²) in [4.78, 5) is 36.0. The Bertz CT molecular complexity index is 798. The number of ether oxygens (including phenoxy) is 2. The van der Waals surface area contributed by atoms with Crippen LogP contribution in [-0.4, -0.2) is 37.0 Å². The number of amides is 2. The molecule has 0 aliphatic heterocycles. The maximum atomic E-state index is 12.4. The molecular formula is C17H16F2N2O5S. The van der Waals surface area contributed by atoms with E-state index in [1.54, 1.807) is 17.5 Å². The van der Waals surface area contributed by atoms with E-state index >= 15 is 0 Å². The van der Waals surface area contributed by atoms with Crippen molar-refractivity contribution in [3.05, 3.63) is 46.7 Å². The van der Waals surface area contributed by atoms with Gasteiger partial charge in [0.25, 0.3) is 11.8 Å². The van der Waals surface area contributed by atoms with Crippen LogP contribution in [0, 0.1) is 0 Å². The molecule has 7 nitrogen and oxygen atoms in total. The van der Waals surface area contributed by atoms with Gasteiger partial charge in [-0.25, -0.2) is 0 Å². The highest BCUT2D eigenvalue weighted by Gasteiger charge is 2.20. The van der Waals surface area contributed by atoms with Crippen LogP contribution in [0.4, 0.5) is 14.5 Å². The molecule has 0 aliphatic carbocycles. The Labute approximate surface area is 157 Å². The van der Waals surface area contributed by atoms with Gasteiger partial charge in [0.1, 0.15) is 12.3 Å². The number of esters is 1. The minimum atomic E-state index is -3.05. The number of thiophene rings is 1. The van der Waals surface area contributed by atoms with Gasteiger partial charge in [-0.1, -0.05) is 18.2 Å². The Kier molecular flexibility index (Phi) is 7.24. The van der Waals surface area contributed by atoms with Crippen molar-refractivity contribution in [1.82, 2.24) is 5.32 Å². The zero-order chi connectivity index (χ0) is 19.8. The summed E-state index contributed by atoms with van der Waals surface area (Å²) in [7, 11) is 0. The van der Waals surface area contributed by atoms with Gasteiger partial charge < -0.3 is 20.1 Å². The molecule has 2 aromatic rings. The van der Waals surface area contributed by atoms with Gasteiger partial charge in [-0.05, 0) is 30.5 Å². The van der Waals surface area contributed by atoms with Gasteiger partial charge in [-0.15, -0.1) is 11.3 Å². The molecule has 0 radical (unpaired) electrons. The van der Waals surface area contributed by atoms with E-state index in [0.29, 0.717) is 4.88 Å². The van der Waals surface area contributed by atoms with Gasteiger partial charge in [0.15, 0.2) is 6.10 Å². The van der Waals surface area contributed by atoms with Crippen molar-refractivity contribution in [3.8, 4) is 5.75 Å². The van der Waals surface area contributed by atoms with Crippen LogP contribution in [0.1, 0.15) is 16.6 Å². The number of para-hydroxylation sites is 2. The Morgan fingerprint density at radius 1 is 1.15 bits per heavy atom. The molecule has 0 saturated carbocycles. The maximum absolute atomic E-state index is 12.4. The van der Waals surface area contributed by atoms with Crippen molar-refractivity contribution in [1.29, 1.82) is 0 Å². The Morgan fingerprint density at radius 3 is 2.56 bits per heavy atom. The van der Waals surface area contributed by atoms with Gasteiger partial charge in [0, 0.05) is 0 Å². The molecule has 2 rings (SSSR count). The summed E-state index contributed by atoms with van der Waals surface area (Å²) in [6, 6.07) is 8.90. The largest absolute Gasteiger partial charge is 0.451 e. The monoisotopic (exact) mass is 398 g/mol. The number of carbonyl (C=O) groups excluding carboxylic acids is 3. The van der Waals surface area contributed by atoms with E-state index in [-0.39, 0.29) is 11.4 Å². The van der Waals surface area contributed by atoms with Crippen molar-refractivity contribution in [2.24, 2.45) is 0 Å². The normalized spacial score (nSPS) is 11.6. The highest BCUT2D eigenvalue weighted by atomic mass is 32.1. The van der Waals surface area contributed by atoms with Gasteiger partial charge >= 0.3 is 12.6 Å². The summed E-state index contributed by atoms with van der Waals surface area (Å²) < 4.78 is 34.0. The predicted molar refractivity (Wildman–Crippen MR) is 93.9 cm³/mol. The molecule has 1 aromatic heterocycles. The lowest BCUT2D eigenvalue weighted by molar-refractivity contribution is -0.152. The highest BCUT2D eigenvalue weighted by molar-refractivity contribution is 7.12. The molecule has 0 fully saturated rings. The number of benzene rings is 1. The fraction of sp³-hybridized carbons (Fsp3) is 0.235. The van der Waals surface area contributed by atoms with Crippen molar-refractivity contribution < 1.29 is 32.6 Å². The van der Waals surface area contributed by atoms with E-state index in [1.807, 2.05) is 0 Å². The molecule has 1 unspecified atom stereocenters. The van der Waals surface area contributed by atoms with Crippen LogP contribution in [0.5, 0.6) is 5.75 Å². The van der Waals surface area contributed by atoms with E-state index < -0.39 is 37.0 Å². The number of carbonyl (C=O) groups is 3. The predicted octanol–water partition coefficient (Wildman–Crippen LogP) is 2.65. The molecule has 144 valence electrons. The van der Waals surface area contributed by atoms with Crippen molar-refractivity contribution in [3.63, 3.8) is 0 Å². The standard InChI is InChI=1S/C17H16F2N2O5S/c1-10(25-14(22)9-20-16(24)13-7-4-8-27-13)15(23)21-11-5-2-3-6-12(11)26-17(18)19/h2-8,10,17H,9H2,1H3,(H,20,24)(H,21,23). The molecular weight excluding hydrogens is 382 g/mol. The summed E-state index contributed by atoms with van der Waals surface area (Å²) in [5.74, 6) is -2.21. The molecule has 1 heterocycles. The van der Waals surface area contributed by atoms with E-state index in [0.717, 1.165) is 0 Å². The smallest absolute Gasteiger partial charge is 0.387 e. The van der Waals surface area contributed by atoms with E-state index in [1.165, 1.54) is 42.5 Å². The number of hydrogen-bond acceptors (Lipinski definition) is 6. The molecule has 2 N–H and O–H groups in total. The van der Waals surface area contributed by atoms with Crippen LogP contribution in [0.25, 0.3) is 0 Å². The van der Waals surface area contributed by atoms with Crippen LogP contribution < -0.4 is 15.4 Å².